The van der Waals surface area contributed by atoms with Gasteiger partial charge in [0.05, 0.1) is 25.0 Å². The second-order valence-corrected chi connectivity index (χ2v) is 4.51. The molecule has 0 radical (unpaired) electrons. The molecule has 1 rings (SSSR count). The van der Waals surface area contributed by atoms with Crippen molar-refractivity contribution in [1.82, 2.24) is 0 Å². The first-order chi connectivity index (χ1) is 9.88. The molecule has 4 N–H and O–H groups in total. The van der Waals surface area contributed by atoms with Gasteiger partial charge in [0.15, 0.2) is 0 Å². The van der Waals surface area contributed by atoms with Crippen LogP contribution in [-0.4, -0.2) is 35.2 Å². The van der Waals surface area contributed by atoms with E-state index in [9.17, 15) is 14.4 Å². The highest BCUT2D eigenvalue weighted by atomic mass is 16.5. The van der Waals surface area contributed by atoms with Gasteiger partial charge in [-0.3, -0.25) is 9.59 Å². The smallest absolute Gasteiger partial charge is 0.335 e. The zero-order valence-electron chi connectivity index (χ0n) is 11.5. The lowest BCUT2D eigenvalue weighted by molar-refractivity contribution is -0.150. The maximum atomic E-state index is 11.6. The molecule has 0 aliphatic carbocycles. The minimum absolute atomic E-state index is 0.0566. The molecular formula is C14H17NO6. The Bertz CT molecular complexity index is 554. The van der Waals surface area contributed by atoms with Crippen LogP contribution in [0.4, 0.5) is 0 Å². The van der Waals surface area contributed by atoms with Crippen LogP contribution < -0.4 is 5.73 Å². The molecule has 0 heterocycles. The van der Waals surface area contributed by atoms with Crippen LogP contribution in [0.15, 0.2) is 18.2 Å². The van der Waals surface area contributed by atoms with E-state index in [4.69, 9.17) is 15.9 Å². The Morgan fingerprint density at radius 1 is 1.24 bits per heavy atom. The quantitative estimate of drug-likeness (QED) is 0.630. The molecule has 0 unspecified atom stereocenters. The van der Waals surface area contributed by atoms with Gasteiger partial charge < -0.3 is 20.7 Å². The first-order valence-electron chi connectivity index (χ1n) is 6.23. The number of nitrogens with two attached hydrogens (primary N) is 1. The van der Waals surface area contributed by atoms with Crippen LogP contribution in [0, 0.1) is 5.92 Å². The minimum atomic E-state index is -1.13. The van der Waals surface area contributed by atoms with Gasteiger partial charge in [0.1, 0.15) is 0 Å². The van der Waals surface area contributed by atoms with Crippen molar-refractivity contribution in [2.45, 2.75) is 19.4 Å². The zero-order valence-corrected chi connectivity index (χ0v) is 11.5. The van der Waals surface area contributed by atoms with Gasteiger partial charge in [-0.15, -0.1) is 0 Å². The topological polar surface area (TPSA) is 127 Å². The average Bonchev–Trinajstić information content (AvgIpc) is 2.45. The lowest BCUT2D eigenvalue weighted by Gasteiger charge is -2.15. The fraction of sp³-hybridized carbons (Fsp3) is 0.357. The minimum Gasteiger partial charge on any atom is -0.481 e. The predicted molar refractivity (Wildman–Crippen MR) is 72.8 cm³/mol. The third-order valence-corrected chi connectivity index (χ3v) is 3.09. The van der Waals surface area contributed by atoms with Gasteiger partial charge >= 0.3 is 17.9 Å². The van der Waals surface area contributed by atoms with E-state index in [2.05, 4.69) is 4.74 Å². The summed E-state index contributed by atoms with van der Waals surface area (Å²) < 4.78 is 4.59. The number of carboxylic acid groups (broad SMARTS) is 2. The molecule has 0 aliphatic rings. The zero-order chi connectivity index (χ0) is 16.0. The molecule has 114 valence electrons. The van der Waals surface area contributed by atoms with E-state index in [0.29, 0.717) is 11.1 Å². The number of esters is 1. The van der Waals surface area contributed by atoms with E-state index >= 15 is 0 Å². The fourth-order valence-electron chi connectivity index (χ4n) is 2.03. The third kappa shape index (κ3) is 4.57. The SMILES string of the molecule is COC(=O)[C@@H](CC(=O)O)Cc1cc(C(=O)O)ccc1CN. The van der Waals surface area contributed by atoms with E-state index in [1.807, 2.05) is 0 Å². The number of aromatic carboxylic acids is 1. The highest BCUT2D eigenvalue weighted by Crippen LogP contribution is 2.19. The summed E-state index contributed by atoms with van der Waals surface area (Å²) in [5.41, 5.74) is 6.84. The van der Waals surface area contributed by atoms with E-state index in [1.54, 1.807) is 6.07 Å². The summed E-state index contributed by atoms with van der Waals surface area (Å²) in [6.45, 7) is 0.163. The normalized spacial score (nSPS) is 11.7. The highest BCUT2D eigenvalue weighted by Gasteiger charge is 2.24. The molecule has 0 amide bonds. The second-order valence-electron chi connectivity index (χ2n) is 4.51. The maximum absolute atomic E-state index is 11.6. The van der Waals surface area contributed by atoms with Crippen LogP contribution in [0.5, 0.6) is 0 Å². The summed E-state index contributed by atoms with van der Waals surface area (Å²) in [7, 11) is 1.18. The molecule has 1 aromatic carbocycles. The number of carbonyl (C=O) groups excluding carboxylic acids is 1. The predicted octanol–water partition coefficient (Wildman–Crippen LogP) is 0.650. The van der Waals surface area contributed by atoms with Crippen molar-refractivity contribution in [1.29, 1.82) is 0 Å². The van der Waals surface area contributed by atoms with E-state index in [0.717, 1.165) is 0 Å². The number of methoxy groups -OCH3 is 1. The van der Waals surface area contributed by atoms with Crippen molar-refractivity contribution in [3.63, 3.8) is 0 Å². The molecular weight excluding hydrogens is 278 g/mol. The Hall–Kier alpha value is -2.41. The summed E-state index contributed by atoms with van der Waals surface area (Å²) in [6, 6.07) is 4.38. The number of benzene rings is 1. The van der Waals surface area contributed by atoms with Gasteiger partial charge in [-0.1, -0.05) is 6.07 Å². The van der Waals surface area contributed by atoms with Crippen LogP contribution in [-0.2, 0) is 27.3 Å². The van der Waals surface area contributed by atoms with Crippen LogP contribution >= 0.6 is 0 Å². The van der Waals surface area contributed by atoms with Gasteiger partial charge in [-0.2, -0.15) is 0 Å². The maximum Gasteiger partial charge on any atom is 0.335 e. The van der Waals surface area contributed by atoms with Gasteiger partial charge in [0.25, 0.3) is 0 Å². The van der Waals surface area contributed by atoms with Crippen LogP contribution in [0.25, 0.3) is 0 Å². The Balaban J connectivity index is 3.11. The van der Waals surface area contributed by atoms with Gasteiger partial charge in [0, 0.05) is 6.54 Å². The molecule has 0 spiro atoms. The molecule has 0 aliphatic heterocycles. The monoisotopic (exact) mass is 295 g/mol. The number of rotatable bonds is 7. The van der Waals surface area contributed by atoms with Crippen molar-refractivity contribution < 1.29 is 29.3 Å². The van der Waals surface area contributed by atoms with Crippen LogP contribution in [0.1, 0.15) is 27.9 Å². The molecule has 0 saturated carbocycles. The number of hydrogen-bond donors (Lipinski definition) is 3. The molecule has 1 atom stereocenters. The second kappa shape index (κ2) is 7.39. The Labute approximate surface area is 121 Å². The standard InChI is InChI=1S/C14H17NO6/c1-21-14(20)11(6-12(16)17)5-10-4-8(13(18)19)2-3-9(10)7-15/h2-4,11H,5-7,15H2,1H3,(H,16,17)(H,18,19)/t11-/m1/s1. The number of carboxylic acids is 2. The molecule has 0 fully saturated rings. The van der Waals surface area contributed by atoms with Crippen molar-refractivity contribution in [3.05, 3.63) is 34.9 Å². The third-order valence-electron chi connectivity index (χ3n) is 3.09. The molecule has 21 heavy (non-hydrogen) atoms. The molecule has 0 saturated heterocycles. The van der Waals surface area contributed by atoms with Crippen molar-refractivity contribution in [3.8, 4) is 0 Å². The Morgan fingerprint density at radius 3 is 2.38 bits per heavy atom. The summed E-state index contributed by atoms with van der Waals surface area (Å²) in [4.78, 5) is 33.4. The molecule has 0 bridgehead atoms. The van der Waals surface area contributed by atoms with Crippen LogP contribution in [0.3, 0.4) is 0 Å². The van der Waals surface area contributed by atoms with Crippen molar-refractivity contribution in [2.24, 2.45) is 11.7 Å². The average molecular weight is 295 g/mol. The van der Waals surface area contributed by atoms with E-state index < -0.39 is 30.2 Å². The van der Waals surface area contributed by atoms with E-state index in [1.165, 1.54) is 19.2 Å². The summed E-state index contributed by atoms with van der Waals surface area (Å²) in [5.74, 6) is -3.77. The number of aliphatic carboxylic acids is 1. The largest absolute Gasteiger partial charge is 0.481 e. The number of hydrogen-bond acceptors (Lipinski definition) is 5. The van der Waals surface area contributed by atoms with Crippen LogP contribution in [0.2, 0.25) is 0 Å². The highest BCUT2D eigenvalue weighted by molar-refractivity contribution is 5.88. The Morgan fingerprint density at radius 2 is 1.90 bits per heavy atom. The number of ether oxygens (including phenoxy) is 1. The van der Waals surface area contributed by atoms with Crippen molar-refractivity contribution >= 4 is 17.9 Å². The first-order valence-corrected chi connectivity index (χ1v) is 6.23. The fourth-order valence-corrected chi connectivity index (χ4v) is 2.03. The van der Waals surface area contributed by atoms with Gasteiger partial charge in [-0.05, 0) is 29.7 Å². The first kappa shape index (κ1) is 16.6. The molecule has 1 aromatic rings. The Kier molecular flexibility index (Phi) is 5.86. The number of carbonyl (C=O) groups is 3. The van der Waals surface area contributed by atoms with Gasteiger partial charge in [-0.25, -0.2) is 4.79 Å². The van der Waals surface area contributed by atoms with E-state index in [-0.39, 0.29) is 18.5 Å². The summed E-state index contributed by atoms with van der Waals surface area (Å²) in [5, 5.41) is 17.8. The lowest BCUT2D eigenvalue weighted by Crippen LogP contribution is -2.23. The molecule has 7 heteroatoms. The van der Waals surface area contributed by atoms with Crippen molar-refractivity contribution in [2.75, 3.05) is 7.11 Å². The summed E-state index contributed by atoms with van der Waals surface area (Å²) in [6.07, 6.45) is -0.333. The van der Waals surface area contributed by atoms with Gasteiger partial charge in [0.2, 0.25) is 0 Å². The molecule has 7 nitrogen and oxygen atoms in total. The molecule has 0 aromatic heterocycles. The lowest BCUT2D eigenvalue weighted by atomic mass is 9.92. The summed E-state index contributed by atoms with van der Waals surface area (Å²) >= 11 is 0.